The van der Waals surface area contributed by atoms with Crippen molar-refractivity contribution in [2.75, 3.05) is 38.2 Å². The SMILES string of the molecule is CN=C(NCCOC1CCCCCC1)NC1CCN(c2ccccc2)CC1.I. The third-order valence-electron chi connectivity index (χ3n) is 5.73. The summed E-state index contributed by atoms with van der Waals surface area (Å²) < 4.78 is 6.06. The number of nitrogens with zero attached hydrogens (tertiary/aromatic N) is 2. The zero-order valence-electron chi connectivity index (χ0n) is 17.2. The van der Waals surface area contributed by atoms with Gasteiger partial charge in [0.15, 0.2) is 5.96 Å². The molecular formula is C22H37IN4O. The number of nitrogens with one attached hydrogen (secondary N) is 2. The second kappa shape index (κ2) is 13.2. The quantitative estimate of drug-likeness (QED) is 0.202. The summed E-state index contributed by atoms with van der Waals surface area (Å²) in [4.78, 5) is 6.85. The van der Waals surface area contributed by atoms with Crippen LogP contribution in [-0.4, -0.2) is 51.4 Å². The van der Waals surface area contributed by atoms with Crippen LogP contribution in [0.4, 0.5) is 5.69 Å². The van der Waals surface area contributed by atoms with Crippen molar-refractivity contribution in [2.45, 2.75) is 63.5 Å². The van der Waals surface area contributed by atoms with Crippen LogP contribution in [-0.2, 0) is 4.74 Å². The van der Waals surface area contributed by atoms with Gasteiger partial charge in [-0.15, -0.1) is 24.0 Å². The predicted octanol–water partition coefficient (Wildman–Crippen LogP) is 4.18. The molecule has 5 nitrogen and oxygen atoms in total. The zero-order chi connectivity index (χ0) is 18.7. The number of benzene rings is 1. The van der Waals surface area contributed by atoms with E-state index in [1.807, 2.05) is 7.05 Å². The van der Waals surface area contributed by atoms with Crippen molar-refractivity contribution in [3.8, 4) is 0 Å². The second-order valence-electron chi connectivity index (χ2n) is 7.72. The number of anilines is 1. The minimum absolute atomic E-state index is 0. The molecule has 0 aromatic heterocycles. The van der Waals surface area contributed by atoms with Gasteiger partial charge in [-0.05, 0) is 37.8 Å². The molecular weight excluding hydrogens is 463 g/mol. The molecule has 1 saturated carbocycles. The molecule has 1 aliphatic heterocycles. The molecule has 2 N–H and O–H groups in total. The molecule has 1 aromatic carbocycles. The number of para-hydroxylation sites is 1. The maximum atomic E-state index is 6.06. The van der Waals surface area contributed by atoms with E-state index in [9.17, 15) is 0 Å². The molecule has 1 heterocycles. The molecule has 2 fully saturated rings. The van der Waals surface area contributed by atoms with Gasteiger partial charge >= 0.3 is 0 Å². The Bertz CT molecular complexity index is 553. The van der Waals surface area contributed by atoms with Gasteiger partial charge in [-0.1, -0.05) is 43.9 Å². The van der Waals surface area contributed by atoms with Crippen molar-refractivity contribution >= 4 is 35.6 Å². The first kappa shape index (κ1) is 23.3. The topological polar surface area (TPSA) is 48.9 Å². The molecule has 0 amide bonds. The summed E-state index contributed by atoms with van der Waals surface area (Å²) in [5, 5.41) is 7.00. The molecule has 0 spiro atoms. The predicted molar refractivity (Wildman–Crippen MR) is 129 cm³/mol. The maximum absolute atomic E-state index is 6.06. The summed E-state index contributed by atoms with van der Waals surface area (Å²) in [6.07, 6.45) is 10.6. The molecule has 0 atom stereocenters. The highest BCUT2D eigenvalue weighted by molar-refractivity contribution is 14.0. The Balaban J connectivity index is 0.00000280. The summed E-state index contributed by atoms with van der Waals surface area (Å²) in [6.45, 7) is 3.75. The molecule has 6 heteroatoms. The van der Waals surface area contributed by atoms with Crippen LogP contribution in [0, 0.1) is 0 Å². The average Bonchev–Trinajstić information content (AvgIpc) is 3.00. The largest absolute Gasteiger partial charge is 0.376 e. The minimum atomic E-state index is 0. The molecule has 0 radical (unpaired) electrons. The van der Waals surface area contributed by atoms with E-state index in [4.69, 9.17) is 4.74 Å². The van der Waals surface area contributed by atoms with Gasteiger partial charge in [0.05, 0.1) is 12.7 Å². The van der Waals surface area contributed by atoms with Crippen LogP contribution < -0.4 is 15.5 Å². The van der Waals surface area contributed by atoms with E-state index < -0.39 is 0 Å². The summed E-state index contributed by atoms with van der Waals surface area (Å²) in [5.74, 6) is 0.901. The van der Waals surface area contributed by atoms with Crippen LogP contribution in [0.3, 0.4) is 0 Å². The van der Waals surface area contributed by atoms with Gasteiger partial charge in [-0.25, -0.2) is 0 Å². The van der Waals surface area contributed by atoms with Crippen LogP contribution in [0.25, 0.3) is 0 Å². The Labute approximate surface area is 187 Å². The van der Waals surface area contributed by atoms with E-state index in [0.717, 1.165) is 45.0 Å². The fourth-order valence-corrected chi connectivity index (χ4v) is 4.11. The molecule has 28 heavy (non-hydrogen) atoms. The van der Waals surface area contributed by atoms with E-state index in [1.165, 1.54) is 44.2 Å². The van der Waals surface area contributed by atoms with Gasteiger partial charge in [0.2, 0.25) is 0 Å². The van der Waals surface area contributed by atoms with Gasteiger partial charge in [-0.2, -0.15) is 0 Å². The lowest BCUT2D eigenvalue weighted by molar-refractivity contribution is 0.0468. The van der Waals surface area contributed by atoms with Crippen molar-refractivity contribution < 1.29 is 4.74 Å². The second-order valence-corrected chi connectivity index (χ2v) is 7.72. The van der Waals surface area contributed by atoms with Crippen LogP contribution in [0.1, 0.15) is 51.4 Å². The first-order valence-corrected chi connectivity index (χ1v) is 10.7. The van der Waals surface area contributed by atoms with Crippen LogP contribution in [0.5, 0.6) is 0 Å². The Morgan fingerprint density at radius 2 is 1.71 bits per heavy atom. The van der Waals surface area contributed by atoms with Gasteiger partial charge in [0.1, 0.15) is 0 Å². The number of guanidine groups is 1. The number of piperidine rings is 1. The summed E-state index contributed by atoms with van der Waals surface area (Å²) >= 11 is 0. The van der Waals surface area contributed by atoms with Crippen molar-refractivity contribution in [1.82, 2.24) is 10.6 Å². The first-order valence-electron chi connectivity index (χ1n) is 10.7. The fourth-order valence-electron chi connectivity index (χ4n) is 4.11. The van der Waals surface area contributed by atoms with Crippen molar-refractivity contribution in [3.63, 3.8) is 0 Å². The third kappa shape index (κ3) is 7.78. The number of halogens is 1. The van der Waals surface area contributed by atoms with Crippen molar-refractivity contribution in [3.05, 3.63) is 30.3 Å². The standard InChI is InChI=1S/C22H36N4O.HI/c1-23-22(24-15-18-27-21-11-7-2-3-8-12-21)25-19-13-16-26(17-14-19)20-9-5-4-6-10-20;/h4-6,9-10,19,21H,2-3,7-8,11-18H2,1H3,(H2,23,24,25);1H. The van der Waals surface area contributed by atoms with Gasteiger partial charge in [-0.3, -0.25) is 4.99 Å². The van der Waals surface area contributed by atoms with Crippen molar-refractivity contribution in [2.24, 2.45) is 4.99 Å². The van der Waals surface area contributed by atoms with Crippen LogP contribution >= 0.6 is 24.0 Å². The number of aliphatic imine (C=N–C) groups is 1. The molecule has 0 unspecified atom stereocenters. The number of hydrogen-bond acceptors (Lipinski definition) is 3. The summed E-state index contributed by atoms with van der Waals surface area (Å²) in [5.41, 5.74) is 1.33. The highest BCUT2D eigenvalue weighted by Gasteiger charge is 2.20. The Kier molecular flexibility index (Phi) is 11.0. The van der Waals surface area contributed by atoms with Crippen LogP contribution in [0.2, 0.25) is 0 Å². The average molecular weight is 500 g/mol. The zero-order valence-corrected chi connectivity index (χ0v) is 19.6. The number of ether oxygens (including phenoxy) is 1. The van der Waals surface area contributed by atoms with Gasteiger partial charge < -0.3 is 20.3 Å². The van der Waals surface area contributed by atoms with E-state index in [0.29, 0.717) is 12.1 Å². The third-order valence-corrected chi connectivity index (χ3v) is 5.73. The van der Waals surface area contributed by atoms with Gasteiger partial charge in [0, 0.05) is 38.4 Å². The summed E-state index contributed by atoms with van der Waals surface area (Å²) in [6, 6.07) is 11.2. The van der Waals surface area contributed by atoms with Crippen LogP contribution in [0.15, 0.2) is 35.3 Å². The number of hydrogen-bond donors (Lipinski definition) is 2. The van der Waals surface area contributed by atoms with E-state index in [-0.39, 0.29) is 24.0 Å². The molecule has 158 valence electrons. The molecule has 0 bridgehead atoms. The lowest BCUT2D eigenvalue weighted by Gasteiger charge is -2.34. The lowest BCUT2D eigenvalue weighted by Crippen LogP contribution is -2.49. The van der Waals surface area contributed by atoms with E-state index >= 15 is 0 Å². The molecule has 3 rings (SSSR count). The van der Waals surface area contributed by atoms with Crippen molar-refractivity contribution in [1.29, 1.82) is 0 Å². The number of rotatable bonds is 6. The molecule has 1 aromatic rings. The monoisotopic (exact) mass is 500 g/mol. The van der Waals surface area contributed by atoms with E-state index in [1.54, 1.807) is 0 Å². The lowest BCUT2D eigenvalue weighted by atomic mass is 10.0. The Morgan fingerprint density at radius 3 is 2.36 bits per heavy atom. The normalized spacial score (nSPS) is 19.6. The highest BCUT2D eigenvalue weighted by atomic mass is 127. The van der Waals surface area contributed by atoms with Gasteiger partial charge in [0.25, 0.3) is 0 Å². The minimum Gasteiger partial charge on any atom is -0.376 e. The highest BCUT2D eigenvalue weighted by Crippen LogP contribution is 2.20. The first-order chi connectivity index (χ1) is 13.3. The molecule has 1 aliphatic carbocycles. The fraction of sp³-hybridized carbons (Fsp3) is 0.682. The smallest absolute Gasteiger partial charge is 0.191 e. The molecule has 2 aliphatic rings. The van der Waals surface area contributed by atoms with E-state index in [2.05, 4.69) is 50.9 Å². The summed E-state index contributed by atoms with van der Waals surface area (Å²) in [7, 11) is 1.85. The maximum Gasteiger partial charge on any atom is 0.191 e. The molecule has 1 saturated heterocycles. The Hall–Kier alpha value is -1.02. The Morgan fingerprint density at radius 1 is 1.04 bits per heavy atom.